The molecule has 2 fully saturated rings. The highest BCUT2D eigenvalue weighted by Gasteiger charge is 2.42. The van der Waals surface area contributed by atoms with Gasteiger partial charge >= 0.3 is 6.01 Å². The van der Waals surface area contributed by atoms with Crippen LogP contribution in [-0.2, 0) is 4.74 Å². The molecule has 8 heteroatoms. The maximum absolute atomic E-state index is 10.2. The molecule has 0 amide bonds. The van der Waals surface area contributed by atoms with Crippen LogP contribution in [0.15, 0.2) is 12.5 Å². The van der Waals surface area contributed by atoms with Crippen LogP contribution in [0.1, 0.15) is 38.8 Å². The lowest BCUT2D eigenvalue weighted by atomic mass is 10.1. The van der Waals surface area contributed by atoms with Gasteiger partial charge in [0.2, 0.25) is 0 Å². The summed E-state index contributed by atoms with van der Waals surface area (Å²) in [6, 6.07) is 0.312. The van der Waals surface area contributed by atoms with Gasteiger partial charge in [-0.15, -0.1) is 0 Å². The summed E-state index contributed by atoms with van der Waals surface area (Å²) in [7, 11) is 0. The Balaban J connectivity index is 1.65. The van der Waals surface area contributed by atoms with Crippen LogP contribution in [0.2, 0.25) is 0 Å². The second-order valence-corrected chi connectivity index (χ2v) is 6.25. The molecular weight excluding hydrogens is 300 g/mol. The Morgan fingerprint density at radius 3 is 2.70 bits per heavy atom. The van der Waals surface area contributed by atoms with Crippen LogP contribution in [0, 0.1) is 0 Å². The molecule has 1 saturated carbocycles. The highest BCUT2D eigenvalue weighted by atomic mass is 16.6. The van der Waals surface area contributed by atoms with Crippen molar-refractivity contribution in [1.82, 2.24) is 19.5 Å². The number of nitrogens with zero attached hydrogens (tertiary/aromatic N) is 4. The summed E-state index contributed by atoms with van der Waals surface area (Å²) in [6.07, 6.45) is 4.54. The second-order valence-electron chi connectivity index (χ2n) is 6.25. The largest absolute Gasteiger partial charge is 0.460 e. The first-order valence-electron chi connectivity index (χ1n) is 8.01. The van der Waals surface area contributed by atoms with Gasteiger partial charge < -0.3 is 19.7 Å². The summed E-state index contributed by atoms with van der Waals surface area (Å²) in [5.74, 6) is 0. The molecule has 4 atom stereocenters. The Morgan fingerprint density at radius 2 is 2.00 bits per heavy atom. The first kappa shape index (κ1) is 14.8. The maximum Gasteiger partial charge on any atom is 0.318 e. The van der Waals surface area contributed by atoms with Crippen molar-refractivity contribution >= 4 is 11.2 Å². The highest BCUT2D eigenvalue weighted by molar-refractivity contribution is 5.69. The van der Waals surface area contributed by atoms with Gasteiger partial charge in [-0.3, -0.25) is 4.57 Å². The minimum atomic E-state index is -1.03. The Morgan fingerprint density at radius 1 is 1.22 bits per heavy atom. The van der Waals surface area contributed by atoms with Gasteiger partial charge in [0.05, 0.1) is 18.6 Å². The summed E-state index contributed by atoms with van der Waals surface area (Å²) in [5.41, 5.74) is 1.12. The fourth-order valence-corrected chi connectivity index (χ4v) is 3.27. The first-order valence-corrected chi connectivity index (χ1v) is 8.01. The molecule has 1 aliphatic carbocycles. The predicted molar refractivity (Wildman–Crippen MR) is 79.8 cm³/mol. The van der Waals surface area contributed by atoms with Crippen LogP contribution in [0.25, 0.3) is 11.2 Å². The molecule has 124 valence electrons. The number of imidazole rings is 1. The Kier molecular flexibility index (Phi) is 3.67. The Hall–Kier alpha value is -1.77. The fourth-order valence-electron chi connectivity index (χ4n) is 3.27. The van der Waals surface area contributed by atoms with E-state index in [1.165, 1.54) is 19.2 Å². The number of rotatable bonds is 3. The van der Waals surface area contributed by atoms with Crippen molar-refractivity contribution in [1.29, 1.82) is 0 Å². The average molecular weight is 320 g/mol. The SMILES string of the molecule is C[C@H]1O[C@@H](n2cnc3cnc(OC4CCCC4)nc32)[C@H](O)[C@@H]1O. The van der Waals surface area contributed by atoms with E-state index in [1.54, 1.807) is 17.7 Å². The van der Waals surface area contributed by atoms with Crippen molar-refractivity contribution < 1.29 is 19.7 Å². The van der Waals surface area contributed by atoms with E-state index in [9.17, 15) is 10.2 Å². The smallest absolute Gasteiger partial charge is 0.318 e. The van der Waals surface area contributed by atoms with Gasteiger partial charge in [0.1, 0.15) is 23.8 Å². The van der Waals surface area contributed by atoms with Gasteiger partial charge in [-0.2, -0.15) is 4.98 Å². The summed E-state index contributed by atoms with van der Waals surface area (Å²) in [4.78, 5) is 12.8. The number of hydrogen-bond acceptors (Lipinski definition) is 7. The van der Waals surface area contributed by atoms with Crippen molar-refractivity contribution in [3.63, 3.8) is 0 Å². The van der Waals surface area contributed by atoms with Gasteiger partial charge in [-0.1, -0.05) is 0 Å². The van der Waals surface area contributed by atoms with Gasteiger partial charge in [0.15, 0.2) is 11.9 Å². The first-order chi connectivity index (χ1) is 11.1. The lowest BCUT2D eigenvalue weighted by Crippen LogP contribution is -2.30. The van der Waals surface area contributed by atoms with E-state index >= 15 is 0 Å². The van der Waals surface area contributed by atoms with E-state index in [0.29, 0.717) is 17.2 Å². The predicted octanol–water partition coefficient (Wildman–Crippen LogP) is 0.787. The molecule has 2 aromatic heterocycles. The summed E-state index contributed by atoms with van der Waals surface area (Å²) in [6.45, 7) is 1.72. The molecule has 3 heterocycles. The summed E-state index contributed by atoms with van der Waals surface area (Å²) >= 11 is 0. The average Bonchev–Trinajstić information content (AvgIpc) is 3.25. The fraction of sp³-hybridized carbons (Fsp3) is 0.667. The van der Waals surface area contributed by atoms with Gasteiger partial charge in [-0.05, 0) is 32.6 Å². The van der Waals surface area contributed by atoms with Gasteiger partial charge in [-0.25, -0.2) is 9.97 Å². The normalized spacial score (nSPS) is 32.0. The molecule has 1 saturated heterocycles. The molecule has 4 rings (SSSR count). The van der Waals surface area contributed by atoms with Crippen molar-refractivity contribution in [2.75, 3.05) is 0 Å². The number of aromatic nitrogens is 4. The zero-order chi connectivity index (χ0) is 16.0. The number of aliphatic hydroxyl groups is 2. The molecule has 0 spiro atoms. The molecule has 2 aliphatic rings. The van der Waals surface area contributed by atoms with Crippen LogP contribution < -0.4 is 4.74 Å². The number of ether oxygens (including phenoxy) is 2. The van der Waals surface area contributed by atoms with E-state index in [0.717, 1.165) is 12.8 Å². The Labute approximate surface area is 133 Å². The van der Waals surface area contributed by atoms with Crippen molar-refractivity contribution in [2.45, 2.75) is 63.3 Å². The van der Waals surface area contributed by atoms with Crippen LogP contribution >= 0.6 is 0 Å². The second kappa shape index (κ2) is 5.70. The van der Waals surface area contributed by atoms with Crippen LogP contribution in [-0.4, -0.2) is 54.1 Å². The molecule has 0 aromatic carbocycles. The van der Waals surface area contributed by atoms with E-state index in [2.05, 4.69) is 15.0 Å². The molecule has 0 unspecified atom stereocenters. The van der Waals surface area contributed by atoms with E-state index in [-0.39, 0.29) is 6.10 Å². The third kappa shape index (κ3) is 2.56. The zero-order valence-corrected chi connectivity index (χ0v) is 12.9. The number of aliphatic hydroxyl groups excluding tert-OH is 2. The van der Waals surface area contributed by atoms with Crippen LogP contribution in [0.5, 0.6) is 6.01 Å². The molecule has 0 bridgehead atoms. The van der Waals surface area contributed by atoms with Gasteiger partial charge in [0.25, 0.3) is 0 Å². The quantitative estimate of drug-likeness (QED) is 0.861. The monoisotopic (exact) mass is 320 g/mol. The van der Waals surface area contributed by atoms with E-state index in [1.807, 2.05) is 0 Å². The summed E-state index contributed by atoms with van der Waals surface area (Å²) < 4.78 is 13.1. The lowest BCUT2D eigenvalue weighted by Gasteiger charge is -2.17. The van der Waals surface area contributed by atoms with Crippen molar-refractivity contribution in [3.8, 4) is 6.01 Å². The standard InChI is InChI=1S/C15H20N4O4/c1-8-11(20)12(21)14(22-8)19-7-17-10-6-16-15(18-13(10)19)23-9-4-2-3-5-9/h6-9,11-12,14,20-21H,2-5H2,1H3/t8-,11-,12-,14-/m1/s1. The zero-order valence-electron chi connectivity index (χ0n) is 12.9. The minimum absolute atomic E-state index is 0.166. The third-order valence-corrected chi connectivity index (χ3v) is 4.62. The molecular formula is C15H20N4O4. The van der Waals surface area contributed by atoms with Gasteiger partial charge in [0, 0.05) is 0 Å². The molecule has 1 aliphatic heterocycles. The number of hydrogen-bond donors (Lipinski definition) is 2. The number of fused-ring (bicyclic) bond motifs is 1. The molecule has 2 N–H and O–H groups in total. The summed E-state index contributed by atoms with van der Waals surface area (Å²) in [5, 5.41) is 20.0. The van der Waals surface area contributed by atoms with E-state index in [4.69, 9.17) is 9.47 Å². The molecule has 8 nitrogen and oxygen atoms in total. The highest BCUT2D eigenvalue weighted by Crippen LogP contribution is 2.31. The van der Waals surface area contributed by atoms with Crippen molar-refractivity contribution in [2.24, 2.45) is 0 Å². The lowest BCUT2D eigenvalue weighted by molar-refractivity contribution is -0.0300. The maximum atomic E-state index is 10.2. The van der Waals surface area contributed by atoms with Crippen LogP contribution in [0.4, 0.5) is 0 Å². The third-order valence-electron chi connectivity index (χ3n) is 4.62. The topological polar surface area (TPSA) is 103 Å². The molecule has 2 aromatic rings. The van der Waals surface area contributed by atoms with Crippen LogP contribution in [0.3, 0.4) is 0 Å². The molecule has 0 radical (unpaired) electrons. The molecule has 23 heavy (non-hydrogen) atoms. The van der Waals surface area contributed by atoms with E-state index < -0.39 is 24.5 Å². The Bertz CT molecular complexity index is 700. The minimum Gasteiger partial charge on any atom is -0.460 e. The van der Waals surface area contributed by atoms with Crippen molar-refractivity contribution in [3.05, 3.63) is 12.5 Å².